The van der Waals surface area contributed by atoms with Crippen LogP contribution in [0, 0.1) is 0 Å². The number of nitrogens with one attached hydrogen (secondary N) is 1. The molecule has 0 aliphatic carbocycles. The molecule has 0 heterocycles. The molecule has 0 saturated heterocycles. The number of aliphatic hydroxyl groups excluding tert-OH is 1. The number of sulfone groups is 1. The van der Waals surface area contributed by atoms with E-state index in [1.807, 2.05) is 6.07 Å². The predicted molar refractivity (Wildman–Crippen MR) is 68.5 cm³/mol. The Bertz CT molecular complexity index is 511. The zero-order chi connectivity index (χ0) is 13.6. The minimum Gasteiger partial charge on any atom is -0.392 e. The van der Waals surface area contributed by atoms with Crippen molar-refractivity contribution in [2.75, 3.05) is 12.0 Å². The summed E-state index contributed by atoms with van der Waals surface area (Å²) in [5.41, 5.74) is 1.65. The summed E-state index contributed by atoms with van der Waals surface area (Å²) in [7, 11) is -3.11. The first-order valence-electron chi connectivity index (χ1n) is 5.54. The molecular weight excluding hydrogens is 254 g/mol. The Hall–Kier alpha value is -1.40. The fourth-order valence-electron chi connectivity index (χ4n) is 1.41. The van der Waals surface area contributed by atoms with Crippen molar-refractivity contribution in [3.63, 3.8) is 0 Å². The van der Waals surface area contributed by atoms with E-state index in [0.717, 1.165) is 17.4 Å². The van der Waals surface area contributed by atoms with Crippen LogP contribution in [-0.2, 0) is 27.8 Å². The maximum atomic E-state index is 11.4. The first-order valence-corrected chi connectivity index (χ1v) is 7.60. The van der Waals surface area contributed by atoms with Gasteiger partial charge in [0.25, 0.3) is 0 Å². The van der Waals surface area contributed by atoms with E-state index in [1.165, 1.54) is 0 Å². The van der Waals surface area contributed by atoms with E-state index >= 15 is 0 Å². The topological polar surface area (TPSA) is 83.5 Å². The monoisotopic (exact) mass is 271 g/mol. The van der Waals surface area contributed by atoms with Crippen molar-refractivity contribution < 1.29 is 18.3 Å². The van der Waals surface area contributed by atoms with Gasteiger partial charge in [0.1, 0.15) is 9.84 Å². The summed E-state index contributed by atoms with van der Waals surface area (Å²) in [5, 5.41) is 11.6. The molecule has 5 nitrogen and oxygen atoms in total. The largest absolute Gasteiger partial charge is 0.392 e. The Labute approximate surface area is 107 Å². The highest BCUT2D eigenvalue weighted by Gasteiger charge is 2.07. The molecule has 0 saturated carbocycles. The highest BCUT2D eigenvalue weighted by molar-refractivity contribution is 7.90. The number of hydrogen-bond donors (Lipinski definition) is 2. The minimum atomic E-state index is -3.11. The van der Waals surface area contributed by atoms with Crippen molar-refractivity contribution >= 4 is 15.7 Å². The van der Waals surface area contributed by atoms with Gasteiger partial charge in [0.2, 0.25) is 5.91 Å². The van der Waals surface area contributed by atoms with Gasteiger partial charge in [0.15, 0.2) is 0 Å². The lowest BCUT2D eigenvalue weighted by Crippen LogP contribution is -2.24. The number of carbonyl (C=O) groups is 1. The summed E-state index contributed by atoms with van der Waals surface area (Å²) in [6, 6.07) is 7.20. The first-order chi connectivity index (χ1) is 8.40. The van der Waals surface area contributed by atoms with Crippen LogP contribution in [0.2, 0.25) is 0 Å². The van der Waals surface area contributed by atoms with Crippen LogP contribution in [-0.4, -0.2) is 31.4 Å². The van der Waals surface area contributed by atoms with Crippen molar-refractivity contribution in [3.8, 4) is 0 Å². The van der Waals surface area contributed by atoms with Crippen LogP contribution in [0.15, 0.2) is 24.3 Å². The van der Waals surface area contributed by atoms with Crippen LogP contribution < -0.4 is 5.32 Å². The Morgan fingerprint density at radius 3 is 2.61 bits per heavy atom. The number of aliphatic hydroxyl groups is 1. The van der Waals surface area contributed by atoms with Gasteiger partial charge >= 0.3 is 0 Å². The minimum absolute atomic E-state index is 0.0292. The average Bonchev–Trinajstić information content (AvgIpc) is 2.33. The van der Waals surface area contributed by atoms with E-state index in [-0.39, 0.29) is 24.7 Å². The highest BCUT2D eigenvalue weighted by Crippen LogP contribution is 2.04. The molecule has 6 heteroatoms. The second-order valence-electron chi connectivity index (χ2n) is 4.13. The average molecular weight is 271 g/mol. The van der Waals surface area contributed by atoms with Crippen molar-refractivity contribution in [1.82, 2.24) is 5.32 Å². The van der Waals surface area contributed by atoms with Gasteiger partial charge in [0, 0.05) is 19.2 Å². The van der Waals surface area contributed by atoms with Crippen LogP contribution in [0.25, 0.3) is 0 Å². The van der Waals surface area contributed by atoms with E-state index in [0.29, 0.717) is 6.54 Å². The summed E-state index contributed by atoms with van der Waals surface area (Å²) < 4.78 is 21.8. The van der Waals surface area contributed by atoms with Crippen molar-refractivity contribution in [1.29, 1.82) is 0 Å². The van der Waals surface area contributed by atoms with Crippen molar-refractivity contribution in [2.24, 2.45) is 0 Å². The summed E-state index contributed by atoms with van der Waals surface area (Å²) in [6.07, 6.45) is 1.07. The summed E-state index contributed by atoms with van der Waals surface area (Å²) in [4.78, 5) is 11.4. The first kappa shape index (κ1) is 14.7. The van der Waals surface area contributed by atoms with E-state index in [1.54, 1.807) is 18.2 Å². The van der Waals surface area contributed by atoms with Crippen LogP contribution >= 0.6 is 0 Å². The van der Waals surface area contributed by atoms with Gasteiger partial charge in [-0.1, -0.05) is 24.3 Å². The lowest BCUT2D eigenvalue weighted by Gasteiger charge is -2.06. The van der Waals surface area contributed by atoms with Crippen molar-refractivity contribution in [2.45, 2.75) is 19.6 Å². The lowest BCUT2D eigenvalue weighted by molar-refractivity contribution is -0.120. The van der Waals surface area contributed by atoms with E-state index in [2.05, 4.69) is 5.32 Å². The predicted octanol–water partition coefficient (Wildman–Crippen LogP) is 0.230. The molecule has 0 unspecified atom stereocenters. The molecule has 18 heavy (non-hydrogen) atoms. The number of amides is 1. The maximum Gasteiger partial charge on any atom is 0.221 e. The summed E-state index contributed by atoms with van der Waals surface area (Å²) in [5.74, 6) is -0.440. The maximum absolute atomic E-state index is 11.4. The Kier molecular flexibility index (Phi) is 5.30. The molecule has 0 atom stereocenters. The number of rotatable bonds is 6. The zero-order valence-corrected chi connectivity index (χ0v) is 11.0. The number of carbonyl (C=O) groups excluding carboxylic acids is 1. The third-order valence-corrected chi connectivity index (χ3v) is 3.31. The van der Waals surface area contributed by atoms with Gasteiger partial charge in [-0.15, -0.1) is 0 Å². The zero-order valence-electron chi connectivity index (χ0n) is 10.2. The standard InChI is InChI=1S/C12H17NO4S/c1-18(16,17)6-5-12(15)13-8-10-3-2-4-11(7-10)9-14/h2-4,7,14H,5-6,8-9H2,1H3,(H,13,15). The van der Waals surface area contributed by atoms with Gasteiger partial charge < -0.3 is 10.4 Å². The van der Waals surface area contributed by atoms with Crippen LogP contribution in [0.1, 0.15) is 17.5 Å². The van der Waals surface area contributed by atoms with E-state index < -0.39 is 9.84 Å². The normalized spacial score (nSPS) is 11.2. The molecule has 1 aromatic rings. The molecule has 1 aromatic carbocycles. The Morgan fingerprint density at radius 2 is 2.00 bits per heavy atom. The third-order valence-electron chi connectivity index (χ3n) is 2.36. The van der Waals surface area contributed by atoms with Crippen LogP contribution in [0.4, 0.5) is 0 Å². The fraction of sp³-hybridized carbons (Fsp3) is 0.417. The van der Waals surface area contributed by atoms with Gasteiger partial charge in [-0.3, -0.25) is 4.79 Å². The van der Waals surface area contributed by atoms with Crippen LogP contribution in [0.3, 0.4) is 0 Å². The second kappa shape index (κ2) is 6.51. The quantitative estimate of drug-likeness (QED) is 0.776. The van der Waals surface area contributed by atoms with E-state index in [4.69, 9.17) is 5.11 Å². The van der Waals surface area contributed by atoms with Gasteiger partial charge in [-0.05, 0) is 11.1 Å². The van der Waals surface area contributed by atoms with Gasteiger partial charge in [-0.2, -0.15) is 0 Å². The lowest BCUT2D eigenvalue weighted by atomic mass is 10.1. The highest BCUT2D eigenvalue weighted by atomic mass is 32.2. The van der Waals surface area contributed by atoms with Crippen molar-refractivity contribution in [3.05, 3.63) is 35.4 Å². The molecule has 1 amide bonds. The van der Waals surface area contributed by atoms with Gasteiger partial charge in [0.05, 0.1) is 12.4 Å². The Balaban J connectivity index is 2.42. The Morgan fingerprint density at radius 1 is 1.33 bits per heavy atom. The third kappa shape index (κ3) is 5.79. The van der Waals surface area contributed by atoms with E-state index in [9.17, 15) is 13.2 Å². The molecular formula is C12H17NO4S. The molecule has 100 valence electrons. The number of benzene rings is 1. The molecule has 0 spiro atoms. The van der Waals surface area contributed by atoms with Gasteiger partial charge in [-0.25, -0.2) is 8.42 Å². The smallest absolute Gasteiger partial charge is 0.221 e. The molecule has 1 rings (SSSR count). The molecule has 0 radical (unpaired) electrons. The molecule has 0 aliphatic rings. The molecule has 0 bridgehead atoms. The molecule has 0 aromatic heterocycles. The number of hydrogen-bond acceptors (Lipinski definition) is 4. The molecule has 2 N–H and O–H groups in total. The fourth-order valence-corrected chi connectivity index (χ4v) is 1.96. The second-order valence-corrected chi connectivity index (χ2v) is 6.39. The SMILES string of the molecule is CS(=O)(=O)CCC(=O)NCc1cccc(CO)c1. The summed E-state index contributed by atoms with van der Waals surface area (Å²) >= 11 is 0. The molecule has 0 fully saturated rings. The van der Waals surface area contributed by atoms with Crippen LogP contribution in [0.5, 0.6) is 0 Å². The summed E-state index contributed by atoms with van der Waals surface area (Å²) in [6.45, 7) is 0.284. The molecule has 0 aliphatic heterocycles.